The van der Waals surface area contributed by atoms with Crippen LogP contribution in [0.5, 0.6) is 0 Å². The quantitative estimate of drug-likeness (QED) is 0.569. The van der Waals surface area contributed by atoms with Crippen LogP contribution >= 0.6 is 34.8 Å². The number of halogens is 3. The molecule has 0 radical (unpaired) electrons. The highest BCUT2D eigenvalue weighted by molar-refractivity contribution is 6.42. The standard InChI is InChI=1S/C22H25Cl3N2O2/c1-4-14(2)26-22(29)15(3)27(13-17-8-9-19(24)20(25)11-17)21(28)12-16-6-5-7-18(23)10-16/h5-11,14-15H,4,12-13H2,1-3H3,(H,26,29)/t14-,15+/m1/s1. The average Bonchev–Trinajstić information content (AvgIpc) is 2.68. The summed E-state index contributed by atoms with van der Waals surface area (Å²) in [6, 6.07) is 11.7. The van der Waals surface area contributed by atoms with Crippen molar-refractivity contribution in [2.45, 2.75) is 52.2 Å². The van der Waals surface area contributed by atoms with Crippen LogP contribution in [0.25, 0.3) is 0 Å². The number of nitrogens with zero attached hydrogens (tertiary/aromatic N) is 1. The van der Waals surface area contributed by atoms with Gasteiger partial charge in [-0.05, 0) is 55.7 Å². The third kappa shape index (κ3) is 6.91. The largest absolute Gasteiger partial charge is 0.352 e. The van der Waals surface area contributed by atoms with E-state index in [0.29, 0.717) is 15.1 Å². The zero-order valence-electron chi connectivity index (χ0n) is 16.7. The number of hydrogen-bond acceptors (Lipinski definition) is 2. The van der Waals surface area contributed by atoms with E-state index in [1.165, 1.54) is 0 Å². The maximum Gasteiger partial charge on any atom is 0.242 e. The lowest BCUT2D eigenvalue weighted by molar-refractivity contribution is -0.140. The summed E-state index contributed by atoms with van der Waals surface area (Å²) in [4.78, 5) is 27.4. The van der Waals surface area contributed by atoms with Gasteiger partial charge >= 0.3 is 0 Å². The second-order valence-electron chi connectivity index (χ2n) is 7.07. The molecule has 156 valence electrons. The maximum atomic E-state index is 13.1. The van der Waals surface area contributed by atoms with Crippen molar-refractivity contribution in [1.29, 1.82) is 0 Å². The van der Waals surface area contributed by atoms with Crippen LogP contribution in [-0.2, 0) is 22.6 Å². The zero-order chi connectivity index (χ0) is 21.6. The molecule has 0 aromatic heterocycles. The second kappa shape index (κ2) is 10.9. The summed E-state index contributed by atoms with van der Waals surface area (Å²) >= 11 is 18.2. The van der Waals surface area contributed by atoms with Gasteiger partial charge in [-0.3, -0.25) is 9.59 Å². The monoisotopic (exact) mass is 454 g/mol. The Kier molecular flexibility index (Phi) is 8.81. The van der Waals surface area contributed by atoms with Gasteiger partial charge < -0.3 is 10.2 Å². The lowest BCUT2D eigenvalue weighted by Crippen LogP contribution is -2.49. The van der Waals surface area contributed by atoms with Crippen LogP contribution in [0.15, 0.2) is 42.5 Å². The molecular weight excluding hydrogens is 431 g/mol. The molecule has 7 heteroatoms. The fourth-order valence-electron chi connectivity index (χ4n) is 2.81. The molecule has 29 heavy (non-hydrogen) atoms. The average molecular weight is 456 g/mol. The van der Waals surface area contributed by atoms with E-state index in [1.807, 2.05) is 19.9 Å². The van der Waals surface area contributed by atoms with Gasteiger partial charge in [-0.2, -0.15) is 0 Å². The highest BCUT2D eigenvalue weighted by Gasteiger charge is 2.27. The van der Waals surface area contributed by atoms with Crippen LogP contribution in [0.4, 0.5) is 0 Å². The van der Waals surface area contributed by atoms with Crippen molar-refractivity contribution in [3.05, 3.63) is 68.7 Å². The van der Waals surface area contributed by atoms with Gasteiger partial charge in [0, 0.05) is 17.6 Å². The summed E-state index contributed by atoms with van der Waals surface area (Å²) in [7, 11) is 0. The van der Waals surface area contributed by atoms with Gasteiger partial charge in [0.05, 0.1) is 16.5 Å². The molecule has 0 fully saturated rings. The highest BCUT2D eigenvalue weighted by Crippen LogP contribution is 2.24. The van der Waals surface area contributed by atoms with Crippen molar-refractivity contribution >= 4 is 46.6 Å². The first-order chi connectivity index (χ1) is 13.7. The maximum absolute atomic E-state index is 13.1. The van der Waals surface area contributed by atoms with Crippen LogP contribution < -0.4 is 5.32 Å². The molecule has 4 nitrogen and oxygen atoms in total. The minimum Gasteiger partial charge on any atom is -0.352 e. The number of benzene rings is 2. The first-order valence-electron chi connectivity index (χ1n) is 9.49. The molecule has 0 bridgehead atoms. The summed E-state index contributed by atoms with van der Waals surface area (Å²) in [5.41, 5.74) is 1.58. The Balaban J connectivity index is 2.26. The van der Waals surface area contributed by atoms with E-state index in [4.69, 9.17) is 34.8 Å². The molecule has 0 saturated heterocycles. The minimum atomic E-state index is -0.648. The minimum absolute atomic E-state index is 0.0276. The molecule has 2 amide bonds. The van der Waals surface area contributed by atoms with Crippen LogP contribution in [0.3, 0.4) is 0 Å². The number of hydrogen-bond donors (Lipinski definition) is 1. The fourth-order valence-corrected chi connectivity index (χ4v) is 3.34. The molecule has 0 spiro atoms. The van der Waals surface area contributed by atoms with E-state index in [-0.39, 0.29) is 30.8 Å². The molecule has 2 atom stereocenters. The lowest BCUT2D eigenvalue weighted by Gasteiger charge is -2.30. The van der Waals surface area contributed by atoms with Crippen molar-refractivity contribution in [3.8, 4) is 0 Å². The van der Waals surface area contributed by atoms with Gasteiger partial charge in [-0.25, -0.2) is 0 Å². The SMILES string of the molecule is CC[C@@H](C)NC(=O)[C@H](C)N(Cc1ccc(Cl)c(Cl)c1)C(=O)Cc1cccc(Cl)c1. The summed E-state index contributed by atoms with van der Waals surface area (Å²) in [5, 5.41) is 4.35. The number of carbonyl (C=O) groups excluding carboxylic acids is 2. The molecule has 1 N–H and O–H groups in total. The number of nitrogens with one attached hydrogen (secondary N) is 1. The van der Waals surface area contributed by atoms with Gasteiger partial charge in [-0.15, -0.1) is 0 Å². The van der Waals surface area contributed by atoms with Gasteiger partial charge in [0.25, 0.3) is 0 Å². The first-order valence-corrected chi connectivity index (χ1v) is 10.6. The van der Waals surface area contributed by atoms with Gasteiger partial charge in [0.2, 0.25) is 11.8 Å². The second-order valence-corrected chi connectivity index (χ2v) is 8.32. The number of carbonyl (C=O) groups is 2. The Hall–Kier alpha value is -1.75. The highest BCUT2D eigenvalue weighted by atomic mass is 35.5. The summed E-state index contributed by atoms with van der Waals surface area (Å²) in [6.07, 6.45) is 0.949. The Morgan fingerprint density at radius 3 is 2.34 bits per heavy atom. The fraction of sp³-hybridized carbons (Fsp3) is 0.364. The molecule has 0 aliphatic rings. The van der Waals surface area contributed by atoms with Gasteiger partial charge in [0.15, 0.2) is 0 Å². The lowest BCUT2D eigenvalue weighted by atomic mass is 10.1. The third-order valence-electron chi connectivity index (χ3n) is 4.75. The summed E-state index contributed by atoms with van der Waals surface area (Å²) < 4.78 is 0. The van der Waals surface area contributed by atoms with Crippen molar-refractivity contribution in [1.82, 2.24) is 10.2 Å². The Morgan fingerprint density at radius 2 is 1.72 bits per heavy atom. The van der Waals surface area contributed by atoms with Crippen LogP contribution in [-0.4, -0.2) is 28.8 Å². The van der Waals surface area contributed by atoms with E-state index >= 15 is 0 Å². The molecule has 0 heterocycles. The van der Waals surface area contributed by atoms with Gasteiger partial charge in [0.1, 0.15) is 6.04 Å². The smallest absolute Gasteiger partial charge is 0.242 e. The van der Waals surface area contributed by atoms with Crippen molar-refractivity contribution < 1.29 is 9.59 Å². The normalized spacial score (nSPS) is 12.9. The van der Waals surface area contributed by atoms with E-state index in [0.717, 1.165) is 17.5 Å². The number of amides is 2. The van der Waals surface area contributed by atoms with E-state index in [2.05, 4.69) is 5.32 Å². The Morgan fingerprint density at radius 1 is 1.00 bits per heavy atom. The first kappa shape index (κ1) is 23.5. The van der Waals surface area contributed by atoms with Crippen LogP contribution in [0.2, 0.25) is 15.1 Å². The van der Waals surface area contributed by atoms with E-state index < -0.39 is 6.04 Å². The Labute approximate surface area is 187 Å². The molecular formula is C22H25Cl3N2O2. The predicted octanol–water partition coefficient (Wildman–Crippen LogP) is 5.52. The summed E-state index contributed by atoms with van der Waals surface area (Å²) in [5.74, 6) is -0.371. The van der Waals surface area contributed by atoms with Crippen LogP contribution in [0.1, 0.15) is 38.3 Å². The van der Waals surface area contributed by atoms with E-state index in [1.54, 1.807) is 48.2 Å². The molecule has 2 aromatic carbocycles. The third-order valence-corrected chi connectivity index (χ3v) is 5.72. The Bertz CT molecular complexity index is 873. The topological polar surface area (TPSA) is 49.4 Å². The predicted molar refractivity (Wildman–Crippen MR) is 120 cm³/mol. The molecule has 0 saturated carbocycles. The van der Waals surface area contributed by atoms with Crippen molar-refractivity contribution in [2.75, 3.05) is 0 Å². The molecule has 0 aliphatic heterocycles. The summed E-state index contributed by atoms with van der Waals surface area (Å²) in [6.45, 7) is 5.89. The molecule has 2 rings (SSSR count). The van der Waals surface area contributed by atoms with Gasteiger partial charge in [-0.1, -0.05) is 59.9 Å². The number of rotatable bonds is 8. The van der Waals surface area contributed by atoms with Crippen molar-refractivity contribution in [3.63, 3.8) is 0 Å². The van der Waals surface area contributed by atoms with Crippen LogP contribution in [0, 0.1) is 0 Å². The molecule has 0 aliphatic carbocycles. The molecule has 0 unspecified atom stereocenters. The molecule has 2 aromatic rings. The van der Waals surface area contributed by atoms with Crippen molar-refractivity contribution in [2.24, 2.45) is 0 Å². The van der Waals surface area contributed by atoms with E-state index in [9.17, 15) is 9.59 Å². The zero-order valence-corrected chi connectivity index (χ0v) is 19.0.